The maximum absolute atomic E-state index is 11.0. The van der Waals surface area contributed by atoms with Crippen LogP contribution in [0.2, 0.25) is 0 Å². The first-order valence-corrected chi connectivity index (χ1v) is 7.64. The molecule has 0 bridgehead atoms. The molecule has 0 aromatic rings. The fourth-order valence-corrected chi connectivity index (χ4v) is 2.05. The minimum Gasteiger partial charge on any atom is -0.480 e. The van der Waals surface area contributed by atoms with E-state index in [2.05, 4.69) is 5.32 Å². The van der Waals surface area contributed by atoms with Gasteiger partial charge in [-0.05, 0) is 13.8 Å². The Labute approximate surface area is 144 Å². The zero-order valence-electron chi connectivity index (χ0n) is 14.2. The fourth-order valence-electron chi connectivity index (χ4n) is 2.05. The van der Waals surface area contributed by atoms with Crippen molar-refractivity contribution in [1.29, 1.82) is 0 Å². The third-order valence-corrected chi connectivity index (χ3v) is 3.64. The van der Waals surface area contributed by atoms with E-state index in [0.29, 0.717) is 0 Å². The van der Waals surface area contributed by atoms with E-state index < -0.39 is 49.1 Å². The Balaban J connectivity index is 4.41. The van der Waals surface area contributed by atoms with Crippen LogP contribution >= 0.6 is 0 Å². The van der Waals surface area contributed by atoms with Crippen LogP contribution in [0.5, 0.6) is 0 Å². The monoisotopic (exact) mass is 363 g/mol. The Morgan fingerprint density at radius 2 is 1.08 bits per heavy atom. The Morgan fingerprint density at radius 1 is 0.760 bits per heavy atom. The van der Waals surface area contributed by atoms with Crippen LogP contribution in [0.4, 0.5) is 0 Å². The van der Waals surface area contributed by atoms with Crippen molar-refractivity contribution < 1.29 is 39.6 Å². The predicted molar refractivity (Wildman–Crippen MR) is 85.5 cm³/mol. The average molecular weight is 363 g/mol. The summed E-state index contributed by atoms with van der Waals surface area (Å²) in [6, 6.07) is -1.93. The number of aliphatic carboxylic acids is 4. The van der Waals surface area contributed by atoms with Crippen molar-refractivity contribution in [2.75, 3.05) is 39.3 Å². The maximum Gasteiger partial charge on any atom is 0.320 e. The molecular formula is C14H25N3O8. The molecule has 0 aliphatic heterocycles. The lowest BCUT2D eigenvalue weighted by molar-refractivity contribution is -0.147. The third-order valence-electron chi connectivity index (χ3n) is 3.64. The summed E-state index contributed by atoms with van der Waals surface area (Å²) < 4.78 is 0. The number of rotatable bonds is 14. The van der Waals surface area contributed by atoms with Gasteiger partial charge in [-0.2, -0.15) is 0 Å². The van der Waals surface area contributed by atoms with E-state index >= 15 is 0 Å². The average Bonchev–Trinajstić information content (AvgIpc) is 2.49. The van der Waals surface area contributed by atoms with Gasteiger partial charge in [-0.3, -0.25) is 29.0 Å². The van der Waals surface area contributed by atoms with Gasteiger partial charge in [0.05, 0.1) is 13.1 Å². The second-order valence-corrected chi connectivity index (χ2v) is 5.51. The molecule has 0 heterocycles. The molecule has 0 rings (SSSR count). The Hall–Kier alpha value is -2.24. The summed E-state index contributed by atoms with van der Waals surface area (Å²) in [6.45, 7) is 2.79. The highest BCUT2D eigenvalue weighted by Gasteiger charge is 2.23. The van der Waals surface area contributed by atoms with Crippen molar-refractivity contribution in [2.24, 2.45) is 0 Å². The number of carboxylic acids is 4. The molecular weight excluding hydrogens is 338 g/mol. The molecule has 0 spiro atoms. The van der Waals surface area contributed by atoms with Crippen LogP contribution in [0, 0.1) is 0 Å². The van der Waals surface area contributed by atoms with E-state index in [1.54, 1.807) is 0 Å². The van der Waals surface area contributed by atoms with Crippen molar-refractivity contribution in [1.82, 2.24) is 15.1 Å². The first-order chi connectivity index (χ1) is 11.6. The van der Waals surface area contributed by atoms with Gasteiger partial charge >= 0.3 is 23.9 Å². The molecule has 144 valence electrons. The van der Waals surface area contributed by atoms with E-state index in [0.717, 1.165) is 0 Å². The lowest BCUT2D eigenvalue weighted by Gasteiger charge is -2.26. The van der Waals surface area contributed by atoms with E-state index in [1.807, 2.05) is 0 Å². The van der Waals surface area contributed by atoms with Crippen LogP contribution in [0.1, 0.15) is 13.8 Å². The SMILES string of the molecule is CC(C(=O)O)N(CCNCCN(CC(=O)O)C(C)C(=O)O)CC(=O)O. The molecule has 2 atom stereocenters. The third kappa shape index (κ3) is 9.59. The van der Waals surface area contributed by atoms with Gasteiger partial charge in [-0.1, -0.05) is 0 Å². The Bertz CT molecular complexity index is 443. The van der Waals surface area contributed by atoms with Crippen LogP contribution in [-0.2, 0) is 19.2 Å². The molecule has 11 nitrogen and oxygen atoms in total. The summed E-state index contributed by atoms with van der Waals surface area (Å²) in [5.41, 5.74) is 0. The van der Waals surface area contributed by atoms with Gasteiger partial charge in [0.1, 0.15) is 12.1 Å². The Kier molecular flexibility index (Phi) is 10.3. The highest BCUT2D eigenvalue weighted by atomic mass is 16.4. The number of nitrogens with zero attached hydrogens (tertiary/aromatic N) is 2. The highest BCUT2D eigenvalue weighted by Crippen LogP contribution is 2.00. The van der Waals surface area contributed by atoms with Gasteiger partial charge in [0.2, 0.25) is 0 Å². The van der Waals surface area contributed by atoms with Crippen LogP contribution in [0.25, 0.3) is 0 Å². The molecule has 11 heteroatoms. The molecule has 0 aromatic heterocycles. The fraction of sp³-hybridized carbons (Fsp3) is 0.714. The zero-order valence-corrected chi connectivity index (χ0v) is 14.2. The second kappa shape index (κ2) is 11.3. The van der Waals surface area contributed by atoms with Crippen molar-refractivity contribution in [2.45, 2.75) is 25.9 Å². The number of nitrogens with one attached hydrogen (secondary N) is 1. The lowest BCUT2D eigenvalue weighted by Crippen LogP contribution is -2.47. The predicted octanol–water partition coefficient (Wildman–Crippen LogP) is -1.70. The van der Waals surface area contributed by atoms with Crippen molar-refractivity contribution >= 4 is 23.9 Å². The number of hydrogen-bond donors (Lipinski definition) is 5. The molecule has 0 saturated carbocycles. The van der Waals surface area contributed by atoms with Crippen LogP contribution in [0.3, 0.4) is 0 Å². The molecule has 0 amide bonds. The van der Waals surface area contributed by atoms with Crippen molar-refractivity contribution in [3.63, 3.8) is 0 Å². The zero-order chi connectivity index (χ0) is 19.6. The molecule has 0 saturated heterocycles. The summed E-state index contributed by atoms with van der Waals surface area (Å²) in [7, 11) is 0. The Morgan fingerprint density at radius 3 is 1.32 bits per heavy atom. The summed E-state index contributed by atoms with van der Waals surface area (Å²) in [5, 5.41) is 38.5. The van der Waals surface area contributed by atoms with Gasteiger partial charge < -0.3 is 25.7 Å². The quantitative estimate of drug-likeness (QED) is 0.223. The lowest BCUT2D eigenvalue weighted by atomic mass is 10.2. The smallest absolute Gasteiger partial charge is 0.320 e. The standard InChI is InChI=1S/C14H25N3O8/c1-9(13(22)23)16(7-11(18)19)5-3-15-4-6-17(8-12(20)21)10(2)14(24)25/h9-10,15H,3-8H2,1-2H3,(H,18,19)(H,20,21)(H,22,23)(H,24,25). The van der Waals surface area contributed by atoms with E-state index in [1.165, 1.54) is 23.6 Å². The van der Waals surface area contributed by atoms with Crippen LogP contribution in [-0.4, -0.2) is 105 Å². The van der Waals surface area contributed by atoms with Crippen molar-refractivity contribution in [3.8, 4) is 0 Å². The summed E-state index contributed by atoms with van der Waals surface area (Å²) in [5.74, 6) is -4.56. The molecule has 0 aromatic carbocycles. The van der Waals surface area contributed by atoms with Crippen molar-refractivity contribution in [3.05, 3.63) is 0 Å². The number of hydrogen-bond acceptors (Lipinski definition) is 7. The molecule has 0 aliphatic rings. The maximum atomic E-state index is 11.0. The largest absolute Gasteiger partial charge is 0.480 e. The van der Waals surface area contributed by atoms with Gasteiger partial charge in [0, 0.05) is 26.2 Å². The van der Waals surface area contributed by atoms with E-state index in [-0.39, 0.29) is 26.2 Å². The van der Waals surface area contributed by atoms with Crippen LogP contribution < -0.4 is 5.32 Å². The summed E-state index contributed by atoms with van der Waals surface area (Å²) in [4.78, 5) is 46.0. The molecule has 0 aliphatic carbocycles. The normalized spacial score (nSPS) is 13.6. The first-order valence-electron chi connectivity index (χ1n) is 7.64. The minimum absolute atomic E-state index is 0.160. The summed E-state index contributed by atoms with van der Waals surface area (Å²) >= 11 is 0. The van der Waals surface area contributed by atoms with Crippen LogP contribution in [0.15, 0.2) is 0 Å². The highest BCUT2D eigenvalue weighted by molar-refractivity contribution is 5.75. The van der Waals surface area contributed by atoms with E-state index in [4.69, 9.17) is 20.4 Å². The van der Waals surface area contributed by atoms with Gasteiger partial charge in [0.25, 0.3) is 0 Å². The molecule has 25 heavy (non-hydrogen) atoms. The molecule has 0 fully saturated rings. The van der Waals surface area contributed by atoms with E-state index in [9.17, 15) is 19.2 Å². The molecule has 2 unspecified atom stereocenters. The minimum atomic E-state index is -1.14. The topological polar surface area (TPSA) is 168 Å². The summed E-state index contributed by atoms with van der Waals surface area (Å²) in [6.07, 6.45) is 0. The van der Waals surface area contributed by atoms with Gasteiger partial charge in [0.15, 0.2) is 0 Å². The molecule has 5 N–H and O–H groups in total. The van der Waals surface area contributed by atoms with Gasteiger partial charge in [-0.25, -0.2) is 0 Å². The number of carbonyl (C=O) groups is 4. The first kappa shape index (κ1) is 22.8. The molecule has 0 radical (unpaired) electrons. The van der Waals surface area contributed by atoms with Gasteiger partial charge in [-0.15, -0.1) is 0 Å². The second-order valence-electron chi connectivity index (χ2n) is 5.51. The number of carboxylic acid groups (broad SMARTS) is 4.